The van der Waals surface area contributed by atoms with Crippen LogP contribution in [0.3, 0.4) is 0 Å². The third-order valence-corrected chi connectivity index (χ3v) is 4.86. The van der Waals surface area contributed by atoms with E-state index in [0.29, 0.717) is 34.4 Å². The molecule has 1 heterocycles. The Bertz CT molecular complexity index is 863. The van der Waals surface area contributed by atoms with Crippen LogP contribution in [0.2, 0.25) is 10.0 Å². The van der Waals surface area contributed by atoms with Crippen LogP contribution in [0.4, 0.5) is 15.8 Å². The monoisotopic (exact) mass is 409 g/mol. The summed E-state index contributed by atoms with van der Waals surface area (Å²) in [5, 5.41) is 6.27. The minimum atomic E-state index is -0.435. The molecule has 1 atom stereocenters. The minimum Gasteiger partial charge on any atom is -0.325 e. The molecule has 2 aromatic carbocycles. The number of amides is 2. The van der Waals surface area contributed by atoms with E-state index < -0.39 is 11.9 Å². The molecule has 2 N–H and O–H groups in total. The van der Waals surface area contributed by atoms with Gasteiger partial charge in [0.1, 0.15) is 5.82 Å². The molecule has 2 aromatic rings. The molecule has 1 saturated heterocycles. The van der Waals surface area contributed by atoms with Crippen LogP contribution in [-0.4, -0.2) is 35.8 Å². The molecule has 5 nitrogen and oxygen atoms in total. The Hall–Kier alpha value is -2.15. The number of hydrogen-bond acceptors (Lipinski definition) is 3. The van der Waals surface area contributed by atoms with Crippen LogP contribution in [0.1, 0.15) is 12.8 Å². The van der Waals surface area contributed by atoms with Gasteiger partial charge in [0.05, 0.1) is 23.3 Å². The van der Waals surface area contributed by atoms with Crippen molar-refractivity contribution < 1.29 is 14.0 Å². The average Bonchev–Trinajstić information content (AvgIpc) is 3.05. The average molecular weight is 410 g/mol. The molecule has 8 heteroatoms. The first-order valence-electron chi connectivity index (χ1n) is 8.48. The Balaban J connectivity index is 1.60. The van der Waals surface area contributed by atoms with Crippen molar-refractivity contribution in [2.24, 2.45) is 0 Å². The Kier molecular flexibility index (Phi) is 6.31. The van der Waals surface area contributed by atoms with Gasteiger partial charge in [0.15, 0.2) is 0 Å². The molecule has 1 aliphatic rings. The second-order valence-electron chi connectivity index (χ2n) is 6.30. The van der Waals surface area contributed by atoms with Gasteiger partial charge in [-0.15, -0.1) is 0 Å². The molecule has 2 amide bonds. The van der Waals surface area contributed by atoms with E-state index in [-0.39, 0.29) is 18.4 Å². The number of nitrogens with one attached hydrogen (secondary N) is 2. The first kappa shape index (κ1) is 19.6. The zero-order chi connectivity index (χ0) is 19.4. The van der Waals surface area contributed by atoms with Crippen molar-refractivity contribution in [2.45, 2.75) is 18.9 Å². The van der Waals surface area contributed by atoms with Crippen molar-refractivity contribution in [3.05, 3.63) is 58.3 Å². The fourth-order valence-corrected chi connectivity index (χ4v) is 3.53. The summed E-state index contributed by atoms with van der Waals surface area (Å²) in [6.45, 7) is 0.673. The standard InChI is InChI=1S/C19H18Cl2FN3O2/c20-12-6-7-16(15(21)9-12)24-19(27)17-5-2-8-25(17)11-18(26)23-14-4-1-3-13(22)10-14/h1,3-4,6-7,9-10,17H,2,5,8,11H2,(H,23,26)(H,24,27)/t17-/m0/s1. The van der Waals surface area contributed by atoms with Gasteiger partial charge in [-0.1, -0.05) is 29.3 Å². The molecule has 142 valence electrons. The second-order valence-corrected chi connectivity index (χ2v) is 7.14. The molecule has 1 aliphatic heterocycles. The number of halogens is 3. The molecular formula is C19H18Cl2FN3O2. The molecule has 27 heavy (non-hydrogen) atoms. The number of benzene rings is 2. The highest BCUT2D eigenvalue weighted by Gasteiger charge is 2.32. The highest BCUT2D eigenvalue weighted by molar-refractivity contribution is 6.36. The van der Waals surface area contributed by atoms with Gasteiger partial charge in [-0.05, 0) is 55.8 Å². The Morgan fingerprint density at radius 1 is 1.15 bits per heavy atom. The van der Waals surface area contributed by atoms with E-state index in [9.17, 15) is 14.0 Å². The van der Waals surface area contributed by atoms with Crippen LogP contribution in [0.5, 0.6) is 0 Å². The Morgan fingerprint density at radius 2 is 1.96 bits per heavy atom. The predicted molar refractivity (Wildman–Crippen MR) is 105 cm³/mol. The number of carbonyl (C=O) groups excluding carboxylic acids is 2. The van der Waals surface area contributed by atoms with Gasteiger partial charge in [-0.2, -0.15) is 0 Å². The smallest absolute Gasteiger partial charge is 0.241 e. The molecule has 0 aromatic heterocycles. The molecule has 3 rings (SSSR count). The number of carbonyl (C=O) groups is 2. The number of hydrogen-bond donors (Lipinski definition) is 2. The van der Waals surface area contributed by atoms with Crippen molar-refractivity contribution in [3.63, 3.8) is 0 Å². The molecule has 0 unspecified atom stereocenters. The second kappa shape index (κ2) is 8.69. The molecule has 0 spiro atoms. The fraction of sp³-hybridized carbons (Fsp3) is 0.263. The summed E-state index contributed by atoms with van der Waals surface area (Å²) in [4.78, 5) is 26.7. The third kappa shape index (κ3) is 5.19. The molecular weight excluding hydrogens is 392 g/mol. The maximum Gasteiger partial charge on any atom is 0.241 e. The SMILES string of the molecule is O=C(CN1CCC[C@H]1C(=O)Nc1ccc(Cl)cc1Cl)Nc1cccc(F)c1. The van der Waals surface area contributed by atoms with E-state index in [1.165, 1.54) is 18.2 Å². The summed E-state index contributed by atoms with van der Waals surface area (Å²) in [5.74, 6) is -0.953. The highest BCUT2D eigenvalue weighted by Crippen LogP contribution is 2.27. The quantitative estimate of drug-likeness (QED) is 0.778. The van der Waals surface area contributed by atoms with Crippen LogP contribution in [-0.2, 0) is 9.59 Å². The zero-order valence-corrected chi connectivity index (χ0v) is 15.9. The molecule has 0 saturated carbocycles. The zero-order valence-electron chi connectivity index (χ0n) is 14.3. The van der Waals surface area contributed by atoms with Crippen molar-refractivity contribution in [1.29, 1.82) is 0 Å². The van der Waals surface area contributed by atoms with E-state index in [0.717, 1.165) is 6.42 Å². The third-order valence-electron chi connectivity index (χ3n) is 4.31. The van der Waals surface area contributed by atoms with Crippen molar-refractivity contribution in [3.8, 4) is 0 Å². The normalized spacial score (nSPS) is 16.9. The summed E-state index contributed by atoms with van der Waals surface area (Å²) in [6.07, 6.45) is 1.45. The van der Waals surface area contributed by atoms with E-state index in [1.807, 2.05) is 0 Å². The maximum absolute atomic E-state index is 13.2. The largest absolute Gasteiger partial charge is 0.325 e. The highest BCUT2D eigenvalue weighted by atomic mass is 35.5. The van der Waals surface area contributed by atoms with Crippen molar-refractivity contribution >= 4 is 46.4 Å². The lowest BCUT2D eigenvalue weighted by atomic mass is 10.2. The van der Waals surface area contributed by atoms with Gasteiger partial charge in [0, 0.05) is 10.7 Å². The van der Waals surface area contributed by atoms with Gasteiger partial charge in [-0.3, -0.25) is 14.5 Å². The lowest BCUT2D eigenvalue weighted by Crippen LogP contribution is -2.43. The van der Waals surface area contributed by atoms with Crippen LogP contribution in [0, 0.1) is 5.82 Å². The maximum atomic E-state index is 13.2. The molecule has 0 bridgehead atoms. The summed E-state index contributed by atoms with van der Waals surface area (Å²) >= 11 is 12.0. The van der Waals surface area contributed by atoms with Crippen molar-refractivity contribution in [1.82, 2.24) is 4.90 Å². The van der Waals surface area contributed by atoms with Gasteiger partial charge in [-0.25, -0.2) is 4.39 Å². The summed E-state index contributed by atoms with van der Waals surface area (Å²) < 4.78 is 13.2. The topological polar surface area (TPSA) is 61.4 Å². The van der Waals surface area contributed by atoms with Crippen LogP contribution >= 0.6 is 23.2 Å². The van der Waals surface area contributed by atoms with E-state index in [1.54, 1.807) is 29.2 Å². The van der Waals surface area contributed by atoms with E-state index in [2.05, 4.69) is 10.6 Å². The molecule has 0 aliphatic carbocycles. The predicted octanol–water partition coefficient (Wildman–Crippen LogP) is 4.17. The summed E-state index contributed by atoms with van der Waals surface area (Å²) in [6, 6.07) is 10.1. The van der Waals surface area contributed by atoms with Gasteiger partial charge in [0.25, 0.3) is 0 Å². The van der Waals surface area contributed by atoms with Crippen LogP contribution in [0.15, 0.2) is 42.5 Å². The van der Waals surface area contributed by atoms with Crippen LogP contribution < -0.4 is 10.6 Å². The van der Waals surface area contributed by atoms with Gasteiger partial charge >= 0.3 is 0 Å². The number of rotatable bonds is 5. The Morgan fingerprint density at radius 3 is 2.70 bits per heavy atom. The number of anilines is 2. The Labute approximate surface area is 166 Å². The van der Waals surface area contributed by atoms with E-state index in [4.69, 9.17) is 23.2 Å². The molecule has 0 radical (unpaired) electrons. The van der Waals surface area contributed by atoms with Crippen LogP contribution in [0.25, 0.3) is 0 Å². The summed E-state index contributed by atoms with van der Waals surface area (Å²) in [7, 11) is 0. The van der Waals surface area contributed by atoms with Gasteiger partial charge < -0.3 is 10.6 Å². The van der Waals surface area contributed by atoms with Gasteiger partial charge in [0.2, 0.25) is 11.8 Å². The molecule has 1 fully saturated rings. The number of nitrogens with zero attached hydrogens (tertiary/aromatic N) is 1. The lowest BCUT2D eigenvalue weighted by molar-refractivity contribution is -0.122. The minimum absolute atomic E-state index is 0.0446. The first-order chi connectivity index (χ1) is 12.9. The van der Waals surface area contributed by atoms with E-state index >= 15 is 0 Å². The van der Waals surface area contributed by atoms with Crippen molar-refractivity contribution in [2.75, 3.05) is 23.7 Å². The fourth-order valence-electron chi connectivity index (χ4n) is 3.07. The lowest BCUT2D eigenvalue weighted by Gasteiger charge is -2.23. The first-order valence-corrected chi connectivity index (χ1v) is 9.23. The number of likely N-dealkylation sites (tertiary alicyclic amines) is 1. The summed E-state index contributed by atoms with van der Waals surface area (Å²) in [5.41, 5.74) is 0.857.